The first-order valence-corrected chi connectivity index (χ1v) is 10.4. The molecule has 1 saturated carbocycles. The second kappa shape index (κ2) is 7.73. The molecular weight excluding hydrogens is 364 g/mol. The van der Waals surface area contributed by atoms with Gasteiger partial charge in [0.1, 0.15) is 18.0 Å². The SMILES string of the molecule is O=C(Cc1c[nH]c2ccccc12)N1CCN(c2cc(NCC3CC3)ncn2)CC1. The lowest BCUT2D eigenvalue weighted by Gasteiger charge is -2.35. The zero-order valence-corrected chi connectivity index (χ0v) is 16.5. The zero-order valence-electron chi connectivity index (χ0n) is 16.5. The normalized spacial score (nSPS) is 17.0. The molecule has 5 rings (SSSR count). The molecule has 1 aliphatic heterocycles. The Hall–Kier alpha value is -3.09. The number of H-pyrrole nitrogens is 1. The number of carbonyl (C=O) groups is 1. The zero-order chi connectivity index (χ0) is 19.6. The molecule has 1 aliphatic carbocycles. The van der Waals surface area contributed by atoms with Gasteiger partial charge in [0.2, 0.25) is 5.91 Å². The van der Waals surface area contributed by atoms with Crippen LogP contribution < -0.4 is 10.2 Å². The van der Waals surface area contributed by atoms with Crippen LogP contribution in [0.3, 0.4) is 0 Å². The quantitative estimate of drug-likeness (QED) is 0.677. The van der Waals surface area contributed by atoms with Gasteiger partial charge in [0.05, 0.1) is 6.42 Å². The number of aromatic nitrogens is 3. The third-order valence-corrected chi connectivity index (χ3v) is 5.89. The summed E-state index contributed by atoms with van der Waals surface area (Å²) in [7, 11) is 0. The smallest absolute Gasteiger partial charge is 0.227 e. The molecule has 1 amide bonds. The van der Waals surface area contributed by atoms with Gasteiger partial charge in [0.15, 0.2) is 0 Å². The van der Waals surface area contributed by atoms with E-state index in [0.717, 1.165) is 66.7 Å². The lowest BCUT2D eigenvalue weighted by atomic mass is 10.1. The minimum Gasteiger partial charge on any atom is -0.370 e. The molecule has 3 heterocycles. The monoisotopic (exact) mass is 390 g/mol. The largest absolute Gasteiger partial charge is 0.370 e. The molecule has 2 N–H and O–H groups in total. The van der Waals surface area contributed by atoms with Crippen molar-refractivity contribution in [3.05, 3.63) is 48.4 Å². The van der Waals surface area contributed by atoms with Gasteiger partial charge in [-0.3, -0.25) is 4.79 Å². The number of para-hydroxylation sites is 1. The van der Waals surface area contributed by atoms with Crippen molar-refractivity contribution in [2.24, 2.45) is 5.92 Å². The number of aromatic amines is 1. The van der Waals surface area contributed by atoms with Gasteiger partial charge in [-0.15, -0.1) is 0 Å². The van der Waals surface area contributed by atoms with Gasteiger partial charge in [-0.2, -0.15) is 0 Å². The van der Waals surface area contributed by atoms with Gasteiger partial charge in [0.25, 0.3) is 0 Å². The summed E-state index contributed by atoms with van der Waals surface area (Å²) in [5.41, 5.74) is 2.14. The summed E-state index contributed by atoms with van der Waals surface area (Å²) in [5, 5.41) is 4.54. The molecular formula is C22H26N6O. The van der Waals surface area contributed by atoms with E-state index in [-0.39, 0.29) is 5.91 Å². The fourth-order valence-electron chi connectivity index (χ4n) is 3.93. The first kappa shape index (κ1) is 18.0. The molecule has 2 aliphatic rings. The molecule has 7 heteroatoms. The Morgan fingerprint density at radius 3 is 2.79 bits per heavy atom. The maximum Gasteiger partial charge on any atom is 0.227 e. The van der Waals surface area contributed by atoms with E-state index in [9.17, 15) is 4.79 Å². The summed E-state index contributed by atoms with van der Waals surface area (Å²) in [5.74, 6) is 2.81. The first-order valence-electron chi connectivity index (χ1n) is 10.4. The van der Waals surface area contributed by atoms with E-state index in [0.29, 0.717) is 6.42 Å². The molecule has 29 heavy (non-hydrogen) atoms. The van der Waals surface area contributed by atoms with Crippen LogP contribution in [0.5, 0.6) is 0 Å². The van der Waals surface area contributed by atoms with Crippen LogP contribution >= 0.6 is 0 Å². The van der Waals surface area contributed by atoms with E-state index in [1.165, 1.54) is 12.8 Å². The number of rotatable bonds is 6. The number of fused-ring (bicyclic) bond motifs is 1. The van der Waals surface area contributed by atoms with Crippen LogP contribution in [0.2, 0.25) is 0 Å². The van der Waals surface area contributed by atoms with E-state index in [1.807, 2.05) is 35.4 Å². The van der Waals surface area contributed by atoms with Gasteiger partial charge in [-0.05, 0) is 30.4 Å². The number of hydrogen-bond donors (Lipinski definition) is 2. The van der Waals surface area contributed by atoms with E-state index in [2.05, 4.69) is 31.2 Å². The number of carbonyl (C=O) groups excluding carboxylic acids is 1. The Labute approximate surface area is 170 Å². The minimum absolute atomic E-state index is 0.184. The highest BCUT2D eigenvalue weighted by Crippen LogP contribution is 2.29. The van der Waals surface area contributed by atoms with Crippen molar-refractivity contribution in [3.63, 3.8) is 0 Å². The Kier molecular flexibility index (Phi) is 4.79. The highest BCUT2D eigenvalue weighted by Gasteiger charge is 2.24. The van der Waals surface area contributed by atoms with Crippen molar-refractivity contribution in [1.29, 1.82) is 0 Å². The molecule has 0 atom stereocenters. The van der Waals surface area contributed by atoms with E-state index < -0.39 is 0 Å². The van der Waals surface area contributed by atoms with Crippen molar-refractivity contribution >= 4 is 28.4 Å². The van der Waals surface area contributed by atoms with E-state index in [1.54, 1.807) is 6.33 Å². The van der Waals surface area contributed by atoms with Crippen molar-refractivity contribution in [2.75, 3.05) is 42.9 Å². The molecule has 3 aromatic rings. The van der Waals surface area contributed by atoms with Crippen LogP contribution in [0.1, 0.15) is 18.4 Å². The van der Waals surface area contributed by atoms with Gasteiger partial charge >= 0.3 is 0 Å². The summed E-state index contributed by atoms with van der Waals surface area (Å²) in [4.78, 5) is 29.0. The average molecular weight is 390 g/mol. The standard InChI is InChI=1S/C22H26N6O/c29-22(11-17-14-23-19-4-2-1-3-18(17)19)28-9-7-27(8-10-28)21-12-20(25-15-26-21)24-13-16-5-6-16/h1-4,12,14-16,23H,5-11,13H2,(H,24,25,26). The Bertz CT molecular complexity index is 1000. The molecule has 0 bridgehead atoms. The third kappa shape index (κ3) is 4.04. The molecule has 0 unspecified atom stereocenters. The fraction of sp³-hybridized carbons (Fsp3) is 0.409. The van der Waals surface area contributed by atoms with Crippen molar-refractivity contribution in [3.8, 4) is 0 Å². The van der Waals surface area contributed by atoms with Crippen LogP contribution in [-0.4, -0.2) is 58.5 Å². The molecule has 1 aromatic carbocycles. The molecule has 0 spiro atoms. The number of nitrogens with zero attached hydrogens (tertiary/aromatic N) is 4. The number of benzene rings is 1. The van der Waals surface area contributed by atoms with E-state index >= 15 is 0 Å². The Morgan fingerprint density at radius 2 is 1.97 bits per heavy atom. The number of piperazine rings is 1. The predicted molar refractivity (Wildman–Crippen MR) is 114 cm³/mol. The van der Waals surface area contributed by atoms with Gasteiger partial charge < -0.3 is 20.1 Å². The summed E-state index contributed by atoms with van der Waals surface area (Å²) >= 11 is 0. The summed E-state index contributed by atoms with van der Waals surface area (Å²) in [6, 6.07) is 10.1. The minimum atomic E-state index is 0.184. The Morgan fingerprint density at radius 1 is 1.14 bits per heavy atom. The van der Waals surface area contributed by atoms with Gasteiger partial charge in [-0.25, -0.2) is 9.97 Å². The number of hydrogen-bond acceptors (Lipinski definition) is 5. The number of amides is 1. The predicted octanol–water partition coefficient (Wildman–Crippen LogP) is 2.67. The highest BCUT2D eigenvalue weighted by atomic mass is 16.2. The highest BCUT2D eigenvalue weighted by molar-refractivity contribution is 5.89. The molecule has 7 nitrogen and oxygen atoms in total. The van der Waals surface area contributed by atoms with Gasteiger partial charge in [0, 0.05) is 55.9 Å². The summed E-state index contributed by atoms with van der Waals surface area (Å²) in [6.45, 7) is 4.01. The summed E-state index contributed by atoms with van der Waals surface area (Å²) in [6.07, 6.45) is 6.65. The molecule has 2 fully saturated rings. The fourth-order valence-corrected chi connectivity index (χ4v) is 3.93. The number of nitrogens with one attached hydrogen (secondary N) is 2. The second-order valence-corrected chi connectivity index (χ2v) is 7.99. The first-order chi connectivity index (χ1) is 14.3. The van der Waals surface area contributed by atoms with Crippen molar-refractivity contribution < 1.29 is 4.79 Å². The summed E-state index contributed by atoms with van der Waals surface area (Å²) < 4.78 is 0. The van der Waals surface area contributed by atoms with Crippen molar-refractivity contribution in [2.45, 2.75) is 19.3 Å². The second-order valence-electron chi connectivity index (χ2n) is 7.99. The topological polar surface area (TPSA) is 77.2 Å². The van der Waals surface area contributed by atoms with Crippen LogP contribution in [0.15, 0.2) is 42.9 Å². The third-order valence-electron chi connectivity index (χ3n) is 5.89. The molecule has 0 radical (unpaired) electrons. The van der Waals surface area contributed by atoms with Crippen LogP contribution in [-0.2, 0) is 11.2 Å². The maximum absolute atomic E-state index is 12.8. The van der Waals surface area contributed by atoms with E-state index in [4.69, 9.17) is 0 Å². The maximum atomic E-state index is 12.8. The van der Waals surface area contributed by atoms with Crippen LogP contribution in [0.25, 0.3) is 10.9 Å². The Balaban J connectivity index is 1.18. The lowest BCUT2D eigenvalue weighted by molar-refractivity contribution is -0.130. The average Bonchev–Trinajstić information content (AvgIpc) is 3.52. The van der Waals surface area contributed by atoms with Crippen LogP contribution in [0, 0.1) is 5.92 Å². The van der Waals surface area contributed by atoms with Crippen LogP contribution in [0.4, 0.5) is 11.6 Å². The van der Waals surface area contributed by atoms with Gasteiger partial charge in [-0.1, -0.05) is 18.2 Å². The molecule has 2 aromatic heterocycles. The van der Waals surface area contributed by atoms with Crippen molar-refractivity contribution in [1.82, 2.24) is 19.9 Å². The molecule has 150 valence electrons. The lowest BCUT2D eigenvalue weighted by Crippen LogP contribution is -2.49. The molecule has 1 saturated heterocycles. The number of anilines is 2.